The van der Waals surface area contributed by atoms with Crippen molar-refractivity contribution in [1.82, 2.24) is 0 Å². The van der Waals surface area contributed by atoms with Crippen LogP contribution in [-0.2, 0) is 11.2 Å². The number of halogens is 1. The zero-order chi connectivity index (χ0) is 14.8. The standard InChI is InChI=1S/C18H18FNO/c1-2-12-5-3-4-6-17(12)20-18(21)16-11-15(16)13-7-9-14(19)10-8-13/h3-10,15-16H,2,11H2,1H3,(H,20,21)/t15-,16-/m1/s1. The van der Waals surface area contributed by atoms with E-state index in [2.05, 4.69) is 12.2 Å². The van der Waals surface area contributed by atoms with E-state index in [1.54, 1.807) is 12.1 Å². The van der Waals surface area contributed by atoms with E-state index in [4.69, 9.17) is 0 Å². The molecule has 0 aliphatic heterocycles. The number of benzene rings is 2. The van der Waals surface area contributed by atoms with Crippen LogP contribution in [0.1, 0.15) is 30.4 Å². The van der Waals surface area contributed by atoms with Crippen LogP contribution in [0, 0.1) is 11.7 Å². The molecule has 2 aromatic carbocycles. The van der Waals surface area contributed by atoms with Gasteiger partial charge in [-0.25, -0.2) is 4.39 Å². The summed E-state index contributed by atoms with van der Waals surface area (Å²) in [6.07, 6.45) is 1.73. The van der Waals surface area contributed by atoms with Gasteiger partial charge in [-0.2, -0.15) is 0 Å². The fraction of sp³-hybridized carbons (Fsp3) is 0.278. The van der Waals surface area contributed by atoms with Gasteiger partial charge in [0, 0.05) is 11.6 Å². The van der Waals surface area contributed by atoms with Crippen molar-refractivity contribution >= 4 is 11.6 Å². The first-order chi connectivity index (χ1) is 10.2. The fourth-order valence-electron chi connectivity index (χ4n) is 2.74. The summed E-state index contributed by atoms with van der Waals surface area (Å²) in [6, 6.07) is 14.3. The Bertz CT molecular complexity index is 651. The summed E-state index contributed by atoms with van der Waals surface area (Å²) in [5.41, 5.74) is 3.08. The molecule has 21 heavy (non-hydrogen) atoms. The van der Waals surface area contributed by atoms with Crippen molar-refractivity contribution in [3.8, 4) is 0 Å². The third-order valence-electron chi connectivity index (χ3n) is 4.08. The molecular weight excluding hydrogens is 265 g/mol. The molecule has 0 radical (unpaired) electrons. The molecule has 0 bridgehead atoms. The van der Waals surface area contributed by atoms with Crippen LogP contribution in [0.3, 0.4) is 0 Å². The van der Waals surface area contributed by atoms with Crippen LogP contribution in [0.25, 0.3) is 0 Å². The van der Waals surface area contributed by atoms with E-state index in [0.29, 0.717) is 0 Å². The van der Waals surface area contributed by atoms with Gasteiger partial charge >= 0.3 is 0 Å². The van der Waals surface area contributed by atoms with Crippen LogP contribution >= 0.6 is 0 Å². The highest BCUT2D eigenvalue weighted by atomic mass is 19.1. The molecule has 1 aliphatic rings. The summed E-state index contributed by atoms with van der Waals surface area (Å²) in [6.45, 7) is 2.07. The molecule has 1 amide bonds. The largest absolute Gasteiger partial charge is 0.326 e. The average molecular weight is 283 g/mol. The molecule has 2 nitrogen and oxygen atoms in total. The summed E-state index contributed by atoms with van der Waals surface area (Å²) < 4.78 is 12.9. The van der Waals surface area contributed by atoms with Gasteiger partial charge in [0.2, 0.25) is 5.91 Å². The van der Waals surface area contributed by atoms with Gasteiger partial charge in [0.05, 0.1) is 0 Å². The van der Waals surface area contributed by atoms with E-state index in [0.717, 1.165) is 29.7 Å². The van der Waals surface area contributed by atoms with Gasteiger partial charge in [0.1, 0.15) is 5.82 Å². The van der Waals surface area contributed by atoms with Gasteiger partial charge in [0.15, 0.2) is 0 Å². The number of aryl methyl sites for hydroxylation is 1. The first-order valence-electron chi connectivity index (χ1n) is 7.33. The van der Waals surface area contributed by atoms with Crippen molar-refractivity contribution in [3.63, 3.8) is 0 Å². The highest BCUT2D eigenvalue weighted by Gasteiger charge is 2.43. The lowest BCUT2D eigenvalue weighted by Crippen LogP contribution is -2.15. The first-order valence-corrected chi connectivity index (χ1v) is 7.33. The molecule has 2 aromatic rings. The molecule has 1 N–H and O–H groups in total. The van der Waals surface area contributed by atoms with Crippen molar-refractivity contribution in [1.29, 1.82) is 0 Å². The molecule has 2 atom stereocenters. The van der Waals surface area contributed by atoms with Gasteiger partial charge < -0.3 is 5.32 Å². The van der Waals surface area contributed by atoms with Gasteiger partial charge in [-0.05, 0) is 48.1 Å². The fourth-order valence-corrected chi connectivity index (χ4v) is 2.74. The van der Waals surface area contributed by atoms with Crippen molar-refractivity contribution in [2.75, 3.05) is 5.32 Å². The summed E-state index contributed by atoms with van der Waals surface area (Å²) >= 11 is 0. The molecule has 0 heterocycles. The number of amides is 1. The molecular formula is C18H18FNO. The summed E-state index contributed by atoms with van der Waals surface area (Å²) in [4.78, 5) is 12.3. The van der Waals surface area contributed by atoms with Crippen LogP contribution in [0.2, 0.25) is 0 Å². The van der Waals surface area contributed by atoms with Crippen molar-refractivity contribution in [2.45, 2.75) is 25.7 Å². The third kappa shape index (κ3) is 2.97. The SMILES string of the molecule is CCc1ccccc1NC(=O)[C@@H]1C[C@@H]1c1ccc(F)cc1. The third-order valence-corrected chi connectivity index (χ3v) is 4.08. The zero-order valence-corrected chi connectivity index (χ0v) is 12.0. The molecule has 108 valence electrons. The van der Waals surface area contributed by atoms with Crippen LogP contribution in [0.15, 0.2) is 48.5 Å². The molecule has 0 aromatic heterocycles. The number of para-hydroxylation sites is 1. The Labute approximate surface area is 124 Å². The normalized spacial score (nSPS) is 20.1. The number of hydrogen-bond donors (Lipinski definition) is 1. The average Bonchev–Trinajstić information content (AvgIpc) is 3.29. The van der Waals surface area contributed by atoms with E-state index in [-0.39, 0.29) is 23.6 Å². The lowest BCUT2D eigenvalue weighted by atomic mass is 10.1. The van der Waals surface area contributed by atoms with Gasteiger partial charge in [-0.1, -0.05) is 37.3 Å². The van der Waals surface area contributed by atoms with E-state index in [1.165, 1.54) is 12.1 Å². The smallest absolute Gasteiger partial charge is 0.228 e. The van der Waals surface area contributed by atoms with Gasteiger partial charge in [-0.15, -0.1) is 0 Å². The quantitative estimate of drug-likeness (QED) is 0.898. The van der Waals surface area contributed by atoms with Crippen molar-refractivity contribution in [3.05, 3.63) is 65.5 Å². The number of rotatable bonds is 4. The first kappa shape index (κ1) is 13.8. The van der Waals surface area contributed by atoms with E-state index >= 15 is 0 Å². The molecule has 1 saturated carbocycles. The topological polar surface area (TPSA) is 29.1 Å². The van der Waals surface area contributed by atoms with E-state index in [1.807, 2.05) is 24.3 Å². The molecule has 3 rings (SSSR count). The minimum absolute atomic E-state index is 0.000346. The maximum absolute atomic E-state index is 12.9. The Morgan fingerprint density at radius 2 is 1.90 bits per heavy atom. The minimum Gasteiger partial charge on any atom is -0.326 e. The highest BCUT2D eigenvalue weighted by Crippen LogP contribution is 2.48. The highest BCUT2D eigenvalue weighted by molar-refractivity contribution is 5.95. The lowest BCUT2D eigenvalue weighted by Gasteiger charge is -2.09. The van der Waals surface area contributed by atoms with Gasteiger partial charge in [-0.3, -0.25) is 4.79 Å². The molecule has 1 fully saturated rings. The van der Waals surface area contributed by atoms with Crippen molar-refractivity contribution in [2.24, 2.45) is 5.92 Å². The molecule has 0 spiro atoms. The van der Waals surface area contributed by atoms with Crippen LogP contribution in [-0.4, -0.2) is 5.91 Å². The maximum atomic E-state index is 12.9. The van der Waals surface area contributed by atoms with E-state index < -0.39 is 0 Å². The van der Waals surface area contributed by atoms with Gasteiger partial charge in [0.25, 0.3) is 0 Å². The Morgan fingerprint density at radius 1 is 1.19 bits per heavy atom. The molecule has 0 unspecified atom stereocenters. The second kappa shape index (κ2) is 5.68. The van der Waals surface area contributed by atoms with Crippen LogP contribution in [0.4, 0.5) is 10.1 Å². The minimum atomic E-state index is -0.239. The van der Waals surface area contributed by atoms with Crippen LogP contribution in [0.5, 0.6) is 0 Å². The molecule has 1 aliphatic carbocycles. The summed E-state index contributed by atoms with van der Waals surface area (Å²) in [7, 11) is 0. The molecule has 3 heteroatoms. The number of hydrogen-bond acceptors (Lipinski definition) is 1. The van der Waals surface area contributed by atoms with E-state index in [9.17, 15) is 9.18 Å². The number of anilines is 1. The Hall–Kier alpha value is -2.16. The second-order valence-electron chi connectivity index (χ2n) is 5.50. The monoisotopic (exact) mass is 283 g/mol. The van der Waals surface area contributed by atoms with Crippen LogP contribution < -0.4 is 5.32 Å². The Balaban J connectivity index is 1.66. The Kier molecular flexibility index (Phi) is 3.74. The number of carbonyl (C=O) groups excluding carboxylic acids is 1. The predicted octanol–water partition coefficient (Wildman–Crippen LogP) is 4.13. The second-order valence-corrected chi connectivity index (χ2v) is 5.50. The lowest BCUT2D eigenvalue weighted by molar-refractivity contribution is -0.117. The maximum Gasteiger partial charge on any atom is 0.228 e. The summed E-state index contributed by atoms with van der Waals surface area (Å²) in [5.74, 6) is 0.0438. The number of carbonyl (C=O) groups is 1. The molecule has 0 saturated heterocycles. The summed E-state index contributed by atoms with van der Waals surface area (Å²) in [5, 5.41) is 3.02. The van der Waals surface area contributed by atoms with Crippen molar-refractivity contribution < 1.29 is 9.18 Å². The predicted molar refractivity (Wildman–Crippen MR) is 81.7 cm³/mol. The number of nitrogens with one attached hydrogen (secondary N) is 1. The Morgan fingerprint density at radius 3 is 2.62 bits per heavy atom. The zero-order valence-electron chi connectivity index (χ0n) is 12.0.